The van der Waals surface area contributed by atoms with Crippen molar-refractivity contribution in [2.75, 3.05) is 5.75 Å². The van der Waals surface area contributed by atoms with Crippen LogP contribution in [0.1, 0.15) is 34.1 Å². The van der Waals surface area contributed by atoms with Gasteiger partial charge < -0.3 is 6.15 Å². The molecular weight excluding hydrogens is 190 g/mol. The lowest BCUT2D eigenvalue weighted by molar-refractivity contribution is 0.482. The highest BCUT2D eigenvalue weighted by Crippen LogP contribution is 1.83. The van der Waals surface area contributed by atoms with Gasteiger partial charge in [0.1, 0.15) is 0 Å². The lowest BCUT2D eigenvalue weighted by atomic mass is 10.3. The first kappa shape index (κ1) is 18.4. The normalized spacial score (nSPS) is 9.00. The Morgan fingerprint density at radius 2 is 1.69 bits per heavy atom. The summed E-state index contributed by atoms with van der Waals surface area (Å²) in [6, 6.07) is 0. The van der Waals surface area contributed by atoms with Gasteiger partial charge in [-0.2, -0.15) is 8.42 Å². The van der Waals surface area contributed by atoms with Crippen molar-refractivity contribution in [3.63, 3.8) is 0 Å². The fraction of sp³-hybridized carbons (Fsp3) is 0.750. The Kier molecular flexibility index (Phi) is 13.7. The maximum Gasteiger partial charge on any atom is 0.264 e. The zero-order valence-corrected chi connectivity index (χ0v) is 9.69. The van der Waals surface area contributed by atoms with E-state index in [0.717, 1.165) is 0 Å². The number of hydrogen-bond acceptors (Lipinski definition) is 3. The molecule has 4 nitrogen and oxygen atoms in total. The molecule has 0 bridgehead atoms. The molecule has 0 aromatic heterocycles. The Labute approximate surface area is 81.4 Å². The lowest BCUT2D eigenvalue weighted by Crippen LogP contribution is -2.01. The highest BCUT2D eigenvalue weighted by atomic mass is 32.2. The summed E-state index contributed by atoms with van der Waals surface area (Å²) < 4.78 is 27.6. The van der Waals surface area contributed by atoms with E-state index >= 15 is 0 Å². The van der Waals surface area contributed by atoms with Crippen LogP contribution in [0.5, 0.6) is 0 Å². The molecular formula is C8H21NO3S. The second kappa shape index (κ2) is 9.70. The second-order valence-corrected chi connectivity index (χ2v) is 4.22. The number of allylic oxidation sites excluding steroid dienone is 2. The van der Waals surface area contributed by atoms with Crippen molar-refractivity contribution in [2.45, 2.75) is 34.1 Å². The van der Waals surface area contributed by atoms with Crippen molar-refractivity contribution in [2.24, 2.45) is 0 Å². The van der Waals surface area contributed by atoms with Gasteiger partial charge in [0, 0.05) is 0 Å². The van der Waals surface area contributed by atoms with Crippen LogP contribution < -0.4 is 6.15 Å². The third-order valence-electron chi connectivity index (χ3n) is 1.04. The van der Waals surface area contributed by atoms with Crippen LogP contribution in [0.15, 0.2) is 11.6 Å². The van der Waals surface area contributed by atoms with Crippen LogP contribution in [0.2, 0.25) is 0 Å². The molecule has 0 aromatic rings. The Hall–Kier alpha value is -0.390. The molecule has 0 aliphatic rings. The molecule has 0 saturated heterocycles. The van der Waals surface area contributed by atoms with Crippen molar-refractivity contribution in [1.29, 1.82) is 0 Å². The van der Waals surface area contributed by atoms with E-state index in [9.17, 15) is 8.42 Å². The topological polar surface area (TPSA) is 89.4 Å². The van der Waals surface area contributed by atoms with Gasteiger partial charge in [-0.3, -0.25) is 4.55 Å². The first-order valence-electron chi connectivity index (χ1n) is 3.88. The van der Waals surface area contributed by atoms with Crippen LogP contribution >= 0.6 is 0 Å². The molecule has 82 valence electrons. The molecule has 0 fully saturated rings. The molecule has 0 aliphatic carbocycles. The molecule has 13 heavy (non-hydrogen) atoms. The molecule has 0 aliphatic heterocycles. The van der Waals surface area contributed by atoms with Crippen LogP contribution in [0, 0.1) is 0 Å². The van der Waals surface area contributed by atoms with Crippen molar-refractivity contribution >= 4 is 10.1 Å². The van der Waals surface area contributed by atoms with E-state index in [0.29, 0.717) is 6.42 Å². The van der Waals surface area contributed by atoms with E-state index in [-0.39, 0.29) is 11.9 Å². The van der Waals surface area contributed by atoms with E-state index in [1.807, 2.05) is 6.92 Å². The third kappa shape index (κ3) is 34.1. The summed E-state index contributed by atoms with van der Waals surface area (Å²) in [7, 11) is -3.67. The molecule has 0 heterocycles. The average Bonchev–Trinajstić information content (AvgIpc) is 1.86. The van der Waals surface area contributed by atoms with Crippen molar-refractivity contribution in [1.82, 2.24) is 6.15 Å². The minimum Gasteiger partial charge on any atom is -0.344 e. The lowest BCUT2D eigenvalue weighted by Gasteiger charge is -1.85. The maximum absolute atomic E-state index is 9.79. The minimum atomic E-state index is -3.67. The Bertz CT molecular complexity index is 216. The average molecular weight is 211 g/mol. The molecule has 0 rings (SSSR count). The Morgan fingerprint density at radius 1 is 1.38 bits per heavy atom. The molecule has 0 radical (unpaired) electrons. The minimum absolute atomic E-state index is 0. The van der Waals surface area contributed by atoms with Gasteiger partial charge in [0.05, 0.1) is 5.75 Å². The van der Waals surface area contributed by atoms with Crippen LogP contribution in [0.3, 0.4) is 0 Å². The van der Waals surface area contributed by atoms with E-state index in [2.05, 4.69) is 19.9 Å². The molecule has 0 spiro atoms. The maximum atomic E-state index is 9.79. The van der Waals surface area contributed by atoms with Crippen LogP contribution in [0.25, 0.3) is 0 Å². The summed E-state index contributed by atoms with van der Waals surface area (Å²) >= 11 is 0. The first-order chi connectivity index (χ1) is 5.33. The van der Waals surface area contributed by atoms with Crippen LogP contribution in [-0.2, 0) is 10.1 Å². The summed E-state index contributed by atoms with van der Waals surface area (Å²) in [5.74, 6) is -0.132. The highest BCUT2D eigenvalue weighted by molar-refractivity contribution is 7.85. The van der Waals surface area contributed by atoms with E-state index in [4.69, 9.17) is 4.55 Å². The summed E-state index contributed by atoms with van der Waals surface area (Å²) in [6.07, 6.45) is 2.55. The standard InChI is InChI=1S/C5H10.C3H8O3S.H3N/c1-4-5(2)3;1-2-3-7(4,5)6;/h4H,1-3H3;2-3H2,1H3,(H,4,5,6);1H3. The number of rotatable bonds is 2. The monoisotopic (exact) mass is 211 g/mol. The van der Waals surface area contributed by atoms with Crippen molar-refractivity contribution in [3.05, 3.63) is 11.6 Å². The fourth-order valence-electron chi connectivity index (χ4n) is 0.258. The fourth-order valence-corrected chi connectivity index (χ4v) is 0.774. The zero-order chi connectivity index (χ0) is 10.2. The smallest absolute Gasteiger partial charge is 0.264 e. The van der Waals surface area contributed by atoms with Gasteiger partial charge in [0.2, 0.25) is 0 Å². The third-order valence-corrected chi connectivity index (χ3v) is 1.96. The predicted molar refractivity (Wildman–Crippen MR) is 56.8 cm³/mol. The van der Waals surface area contributed by atoms with Crippen molar-refractivity contribution < 1.29 is 13.0 Å². The van der Waals surface area contributed by atoms with Gasteiger partial charge in [0.15, 0.2) is 0 Å². The van der Waals surface area contributed by atoms with E-state index in [1.54, 1.807) is 6.92 Å². The summed E-state index contributed by atoms with van der Waals surface area (Å²) in [5.41, 5.74) is 1.38. The van der Waals surface area contributed by atoms with Gasteiger partial charge in [-0.15, -0.1) is 0 Å². The highest BCUT2D eigenvalue weighted by Gasteiger charge is 1.98. The van der Waals surface area contributed by atoms with E-state index < -0.39 is 10.1 Å². The van der Waals surface area contributed by atoms with Crippen molar-refractivity contribution in [3.8, 4) is 0 Å². The first-order valence-corrected chi connectivity index (χ1v) is 5.49. The zero-order valence-electron chi connectivity index (χ0n) is 8.87. The Morgan fingerprint density at radius 3 is 1.69 bits per heavy atom. The van der Waals surface area contributed by atoms with Gasteiger partial charge in [-0.05, 0) is 27.2 Å². The molecule has 0 saturated carbocycles. The van der Waals surface area contributed by atoms with Gasteiger partial charge >= 0.3 is 0 Å². The van der Waals surface area contributed by atoms with Crippen LogP contribution in [-0.4, -0.2) is 18.7 Å². The largest absolute Gasteiger partial charge is 0.344 e. The Balaban J connectivity index is -0.000000150. The summed E-state index contributed by atoms with van der Waals surface area (Å²) in [4.78, 5) is 0. The molecule has 0 amide bonds. The molecule has 5 heteroatoms. The SMILES string of the molecule is CC=C(C)C.CCCS(=O)(=O)O.N. The molecule has 4 N–H and O–H groups in total. The predicted octanol–water partition coefficient (Wildman–Crippen LogP) is 2.42. The summed E-state index contributed by atoms with van der Waals surface area (Å²) in [5, 5.41) is 0. The molecule has 0 aromatic carbocycles. The van der Waals surface area contributed by atoms with Gasteiger partial charge in [0.25, 0.3) is 10.1 Å². The quantitative estimate of drug-likeness (QED) is 0.542. The molecule has 0 atom stereocenters. The van der Waals surface area contributed by atoms with Gasteiger partial charge in [-0.25, -0.2) is 0 Å². The van der Waals surface area contributed by atoms with E-state index in [1.165, 1.54) is 5.57 Å². The van der Waals surface area contributed by atoms with Gasteiger partial charge in [-0.1, -0.05) is 18.6 Å². The second-order valence-electron chi connectivity index (χ2n) is 2.65. The number of hydrogen-bond donors (Lipinski definition) is 2. The van der Waals surface area contributed by atoms with Crippen LogP contribution in [0.4, 0.5) is 0 Å². The summed E-state index contributed by atoms with van der Waals surface area (Å²) in [6.45, 7) is 7.89. The molecule has 0 unspecified atom stereocenters.